The average molecular weight is 185 g/mol. The van der Waals surface area contributed by atoms with Crippen LogP contribution < -0.4 is 5.73 Å². The quantitative estimate of drug-likeness (QED) is 0.754. The van der Waals surface area contributed by atoms with E-state index in [0.29, 0.717) is 6.54 Å². The standard InChI is InChI=1S/C8H15N3S/c1-2-3-4-7-10-11-8(12-7)5-6-9/h2-6,9H2,1H3. The Kier molecular flexibility index (Phi) is 4.18. The Morgan fingerprint density at radius 2 is 1.92 bits per heavy atom. The minimum absolute atomic E-state index is 0.669. The van der Waals surface area contributed by atoms with Gasteiger partial charge in [-0.2, -0.15) is 0 Å². The molecule has 0 atom stereocenters. The lowest BCUT2D eigenvalue weighted by Gasteiger charge is -1.89. The molecular formula is C8H15N3S. The van der Waals surface area contributed by atoms with Crippen LogP contribution in [-0.4, -0.2) is 16.7 Å². The lowest BCUT2D eigenvalue weighted by atomic mass is 10.3. The van der Waals surface area contributed by atoms with E-state index < -0.39 is 0 Å². The van der Waals surface area contributed by atoms with Gasteiger partial charge in [-0.1, -0.05) is 13.3 Å². The summed E-state index contributed by atoms with van der Waals surface area (Å²) in [5, 5.41) is 10.4. The second-order valence-corrected chi connectivity index (χ2v) is 3.88. The lowest BCUT2D eigenvalue weighted by Crippen LogP contribution is -2.01. The van der Waals surface area contributed by atoms with Gasteiger partial charge in [0.1, 0.15) is 10.0 Å². The first-order valence-electron chi connectivity index (χ1n) is 4.38. The highest BCUT2D eigenvalue weighted by Gasteiger charge is 2.01. The van der Waals surface area contributed by atoms with E-state index in [9.17, 15) is 0 Å². The van der Waals surface area contributed by atoms with Crippen LogP contribution in [0, 0.1) is 0 Å². The first-order valence-corrected chi connectivity index (χ1v) is 5.19. The zero-order valence-electron chi connectivity index (χ0n) is 7.42. The molecule has 1 aromatic heterocycles. The number of nitrogens with two attached hydrogens (primary N) is 1. The second kappa shape index (κ2) is 5.22. The third-order valence-corrected chi connectivity index (χ3v) is 2.65. The number of nitrogens with zero attached hydrogens (tertiary/aromatic N) is 2. The third kappa shape index (κ3) is 2.87. The maximum absolute atomic E-state index is 5.41. The van der Waals surface area contributed by atoms with E-state index in [-0.39, 0.29) is 0 Å². The third-order valence-electron chi connectivity index (χ3n) is 1.61. The Hall–Kier alpha value is -0.480. The second-order valence-electron chi connectivity index (χ2n) is 2.73. The Balaban J connectivity index is 2.41. The molecule has 1 rings (SSSR count). The normalized spacial score (nSPS) is 10.5. The maximum atomic E-state index is 5.41. The molecule has 0 amide bonds. The fourth-order valence-corrected chi connectivity index (χ4v) is 1.84. The van der Waals surface area contributed by atoms with E-state index in [2.05, 4.69) is 17.1 Å². The summed E-state index contributed by atoms with van der Waals surface area (Å²) in [6.07, 6.45) is 4.35. The fraction of sp³-hybridized carbons (Fsp3) is 0.750. The molecule has 12 heavy (non-hydrogen) atoms. The molecule has 1 heterocycles. The Labute approximate surface area is 77.0 Å². The summed E-state index contributed by atoms with van der Waals surface area (Å²) >= 11 is 1.70. The fourth-order valence-electron chi connectivity index (χ4n) is 0.942. The number of rotatable bonds is 5. The molecule has 0 aliphatic rings. The van der Waals surface area contributed by atoms with Crippen molar-refractivity contribution < 1.29 is 0 Å². The van der Waals surface area contributed by atoms with Crippen molar-refractivity contribution in [2.75, 3.05) is 6.54 Å². The number of aromatic nitrogens is 2. The highest BCUT2D eigenvalue weighted by atomic mass is 32.1. The molecule has 0 unspecified atom stereocenters. The highest BCUT2D eigenvalue weighted by Crippen LogP contribution is 2.12. The van der Waals surface area contributed by atoms with Gasteiger partial charge in [0.2, 0.25) is 0 Å². The zero-order valence-corrected chi connectivity index (χ0v) is 8.23. The van der Waals surface area contributed by atoms with Gasteiger partial charge in [-0.15, -0.1) is 21.5 Å². The summed E-state index contributed by atoms with van der Waals surface area (Å²) in [4.78, 5) is 0. The Morgan fingerprint density at radius 1 is 1.25 bits per heavy atom. The SMILES string of the molecule is CCCCc1nnc(CCN)s1. The van der Waals surface area contributed by atoms with Gasteiger partial charge < -0.3 is 5.73 Å². The van der Waals surface area contributed by atoms with Crippen LogP contribution in [0.2, 0.25) is 0 Å². The summed E-state index contributed by atoms with van der Waals surface area (Å²) in [5.41, 5.74) is 5.41. The van der Waals surface area contributed by atoms with Crippen molar-refractivity contribution in [3.05, 3.63) is 10.0 Å². The van der Waals surface area contributed by atoms with Gasteiger partial charge in [0.25, 0.3) is 0 Å². The van der Waals surface area contributed by atoms with E-state index >= 15 is 0 Å². The molecule has 0 radical (unpaired) electrons. The predicted molar refractivity (Wildman–Crippen MR) is 51.3 cm³/mol. The summed E-state index contributed by atoms with van der Waals surface area (Å²) < 4.78 is 0. The molecule has 4 heteroatoms. The highest BCUT2D eigenvalue weighted by molar-refractivity contribution is 7.11. The van der Waals surface area contributed by atoms with E-state index in [1.807, 2.05) is 0 Å². The van der Waals surface area contributed by atoms with Crippen LogP contribution >= 0.6 is 11.3 Å². The van der Waals surface area contributed by atoms with Crippen molar-refractivity contribution >= 4 is 11.3 Å². The molecule has 0 bridgehead atoms. The van der Waals surface area contributed by atoms with Gasteiger partial charge in [0, 0.05) is 12.8 Å². The van der Waals surface area contributed by atoms with E-state index in [0.717, 1.165) is 22.9 Å². The lowest BCUT2D eigenvalue weighted by molar-refractivity contribution is 0.776. The summed E-state index contributed by atoms with van der Waals surface area (Å²) in [6, 6.07) is 0. The maximum Gasteiger partial charge on any atom is 0.118 e. The Bertz CT molecular complexity index is 222. The molecule has 0 aromatic carbocycles. The molecule has 0 aliphatic carbocycles. The first-order chi connectivity index (χ1) is 5.86. The van der Waals surface area contributed by atoms with Crippen molar-refractivity contribution in [2.24, 2.45) is 5.73 Å². The number of unbranched alkanes of at least 4 members (excludes halogenated alkanes) is 1. The van der Waals surface area contributed by atoms with Crippen molar-refractivity contribution in [3.63, 3.8) is 0 Å². The molecule has 3 nitrogen and oxygen atoms in total. The monoisotopic (exact) mass is 185 g/mol. The van der Waals surface area contributed by atoms with E-state index in [4.69, 9.17) is 5.73 Å². The van der Waals surface area contributed by atoms with Crippen molar-refractivity contribution in [2.45, 2.75) is 32.6 Å². The van der Waals surface area contributed by atoms with Gasteiger partial charge in [0.15, 0.2) is 0 Å². The molecule has 1 aromatic rings. The smallest absolute Gasteiger partial charge is 0.118 e. The number of hydrogen-bond acceptors (Lipinski definition) is 4. The van der Waals surface area contributed by atoms with Crippen molar-refractivity contribution in [1.82, 2.24) is 10.2 Å². The summed E-state index contributed by atoms with van der Waals surface area (Å²) in [6.45, 7) is 2.85. The molecular weight excluding hydrogens is 170 g/mol. The van der Waals surface area contributed by atoms with Crippen LogP contribution in [0.4, 0.5) is 0 Å². The van der Waals surface area contributed by atoms with Crippen LogP contribution in [0.15, 0.2) is 0 Å². The zero-order chi connectivity index (χ0) is 8.81. The molecule has 68 valence electrons. The largest absolute Gasteiger partial charge is 0.330 e. The van der Waals surface area contributed by atoms with Gasteiger partial charge in [-0.25, -0.2) is 0 Å². The number of hydrogen-bond donors (Lipinski definition) is 1. The molecule has 0 spiro atoms. The molecule has 0 aliphatic heterocycles. The van der Waals surface area contributed by atoms with Gasteiger partial charge in [0.05, 0.1) is 0 Å². The average Bonchev–Trinajstić information content (AvgIpc) is 2.50. The van der Waals surface area contributed by atoms with Gasteiger partial charge >= 0.3 is 0 Å². The molecule has 0 saturated carbocycles. The Morgan fingerprint density at radius 3 is 2.50 bits per heavy atom. The topological polar surface area (TPSA) is 51.8 Å². The van der Waals surface area contributed by atoms with Crippen LogP contribution in [0.1, 0.15) is 29.8 Å². The molecule has 2 N–H and O–H groups in total. The van der Waals surface area contributed by atoms with Crippen molar-refractivity contribution in [3.8, 4) is 0 Å². The van der Waals surface area contributed by atoms with Gasteiger partial charge in [-0.05, 0) is 13.0 Å². The van der Waals surface area contributed by atoms with Crippen molar-refractivity contribution in [1.29, 1.82) is 0 Å². The van der Waals surface area contributed by atoms with E-state index in [1.165, 1.54) is 12.8 Å². The first kappa shape index (κ1) is 9.61. The van der Waals surface area contributed by atoms with Crippen LogP contribution in [0.3, 0.4) is 0 Å². The number of aryl methyl sites for hydroxylation is 1. The van der Waals surface area contributed by atoms with E-state index in [1.54, 1.807) is 11.3 Å². The molecule has 0 saturated heterocycles. The minimum Gasteiger partial charge on any atom is -0.330 e. The molecule has 0 fully saturated rings. The van der Waals surface area contributed by atoms with Crippen LogP contribution in [0.5, 0.6) is 0 Å². The van der Waals surface area contributed by atoms with Gasteiger partial charge in [-0.3, -0.25) is 0 Å². The summed E-state index contributed by atoms with van der Waals surface area (Å²) in [5.74, 6) is 0. The minimum atomic E-state index is 0.669. The predicted octanol–water partition coefficient (Wildman–Crippen LogP) is 1.38. The summed E-state index contributed by atoms with van der Waals surface area (Å²) in [7, 11) is 0. The van der Waals surface area contributed by atoms with Crippen LogP contribution in [-0.2, 0) is 12.8 Å². The van der Waals surface area contributed by atoms with Crippen LogP contribution in [0.25, 0.3) is 0 Å².